The number of oxazole rings is 1. The van der Waals surface area contributed by atoms with E-state index in [1.54, 1.807) is 0 Å². The number of carbonyl (C=O) groups excluding carboxylic acids is 2. The summed E-state index contributed by atoms with van der Waals surface area (Å²) in [4.78, 5) is 29.2. The number of methoxy groups -OCH3 is 1. The molecule has 3 rings (SSSR count). The van der Waals surface area contributed by atoms with Crippen LogP contribution in [-0.4, -0.2) is 30.5 Å². The van der Waals surface area contributed by atoms with Crippen LogP contribution in [0.4, 0.5) is 0 Å². The molecule has 1 amide bonds. The number of carbonyl (C=O) groups is 2. The van der Waals surface area contributed by atoms with Crippen LogP contribution in [0.5, 0.6) is 0 Å². The third kappa shape index (κ3) is 4.80. The molecule has 0 aliphatic carbocycles. The molecule has 1 aromatic heterocycles. The predicted octanol–water partition coefficient (Wildman–Crippen LogP) is 4.01. The first-order chi connectivity index (χ1) is 13.5. The molecule has 2 aromatic carbocycles. The second-order valence-electron chi connectivity index (χ2n) is 6.20. The van der Waals surface area contributed by atoms with Crippen molar-refractivity contribution in [2.75, 3.05) is 13.7 Å². The third-order valence-corrected chi connectivity index (χ3v) is 4.93. The van der Waals surface area contributed by atoms with E-state index in [9.17, 15) is 9.59 Å². The van der Waals surface area contributed by atoms with Crippen LogP contribution in [0.1, 0.15) is 21.6 Å². The van der Waals surface area contributed by atoms with Gasteiger partial charge in [-0.2, -0.15) is 0 Å². The fourth-order valence-corrected chi connectivity index (χ4v) is 3.20. The monoisotopic (exact) mass is 396 g/mol. The quantitative estimate of drug-likeness (QED) is 0.634. The minimum Gasteiger partial charge on any atom is -0.468 e. The first kappa shape index (κ1) is 19.7. The Labute approximate surface area is 167 Å². The second-order valence-corrected chi connectivity index (χ2v) is 7.24. The summed E-state index contributed by atoms with van der Waals surface area (Å²) in [5.74, 6) is -0.691. The molecule has 144 valence electrons. The van der Waals surface area contributed by atoms with Gasteiger partial charge in [0.25, 0.3) is 5.91 Å². The minimum absolute atomic E-state index is 0.130. The van der Waals surface area contributed by atoms with Gasteiger partial charge in [-0.15, -0.1) is 0 Å². The molecule has 6 nitrogen and oxygen atoms in total. The van der Waals surface area contributed by atoms with E-state index in [2.05, 4.69) is 15.0 Å². The second kappa shape index (κ2) is 8.75. The van der Waals surface area contributed by atoms with Crippen molar-refractivity contribution in [1.29, 1.82) is 0 Å². The number of hydrogen-bond donors (Lipinski definition) is 1. The van der Waals surface area contributed by atoms with E-state index < -0.39 is 11.9 Å². The summed E-state index contributed by atoms with van der Waals surface area (Å²) in [5.41, 5.74) is 3.15. The standard InChI is InChI=1S/C21H20N2O4S/c1-13-4-8-15(9-5-13)20-23-18(19(25)22-12-17(24)26-3)21(27-20)28-16-10-6-14(2)7-11-16/h4-11H,12H2,1-3H3,(H,22,25). The molecule has 0 aliphatic rings. The molecule has 0 saturated carbocycles. The van der Waals surface area contributed by atoms with Crippen molar-refractivity contribution >= 4 is 23.6 Å². The van der Waals surface area contributed by atoms with E-state index in [4.69, 9.17) is 4.42 Å². The van der Waals surface area contributed by atoms with Crippen LogP contribution in [0.15, 0.2) is 62.9 Å². The lowest BCUT2D eigenvalue weighted by Crippen LogP contribution is -2.30. The Balaban J connectivity index is 1.92. The summed E-state index contributed by atoms with van der Waals surface area (Å²) in [6, 6.07) is 15.5. The summed E-state index contributed by atoms with van der Waals surface area (Å²) in [5, 5.41) is 2.87. The van der Waals surface area contributed by atoms with Gasteiger partial charge in [0.15, 0.2) is 10.8 Å². The predicted molar refractivity (Wildman–Crippen MR) is 106 cm³/mol. The molecule has 3 aromatic rings. The number of amides is 1. The van der Waals surface area contributed by atoms with Gasteiger partial charge in [0.2, 0.25) is 5.89 Å². The molecule has 0 aliphatic heterocycles. The van der Waals surface area contributed by atoms with Gasteiger partial charge >= 0.3 is 5.97 Å². The molecule has 28 heavy (non-hydrogen) atoms. The third-order valence-electron chi connectivity index (χ3n) is 3.96. The number of benzene rings is 2. The zero-order valence-corrected chi connectivity index (χ0v) is 16.6. The highest BCUT2D eigenvalue weighted by Gasteiger charge is 2.22. The van der Waals surface area contributed by atoms with Gasteiger partial charge in [-0.05, 0) is 49.9 Å². The highest BCUT2D eigenvalue weighted by molar-refractivity contribution is 7.99. The molecule has 0 spiro atoms. The van der Waals surface area contributed by atoms with Crippen molar-refractivity contribution in [1.82, 2.24) is 10.3 Å². The minimum atomic E-state index is -0.539. The molecular weight excluding hydrogens is 376 g/mol. The van der Waals surface area contributed by atoms with Crippen molar-refractivity contribution in [3.63, 3.8) is 0 Å². The van der Waals surface area contributed by atoms with Crippen LogP contribution in [0, 0.1) is 13.8 Å². The maximum Gasteiger partial charge on any atom is 0.325 e. The molecule has 0 fully saturated rings. The van der Waals surface area contributed by atoms with Crippen molar-refractivity contribution < 1.29 is 18.7 Å². The fraction of sp³-hybridized carbons (Fsp3) is 0.190. The molecule has 0 atom stereocenters. The van der Waals surface area contributed by atoms with Crippen LogP contribution in [-0.2, 0) is 9.53 Å². The number of aryl methyl sites for hydroxylation is 2. The largest absolute Gasteiger partial charge is 0.468 e. The van der Waals surface area contributed by atoms with Gasteiger partial charge in [-0.3, -0.25) is 9.59 Å². The molecule has 0 radical (unpaired) electrons. The summed E-state index contributed by atoms with van der Waals surface area (Å²) in [6.07, 6.45) is 0. The van der Waals surface area contributed by atoms with Crippen LogP contribution in [0.2, 0.25) is 0 Å². The van der Waals surface area contributed by atoms with Crippen LogP contribution in [0.25, 0.3) is 11.5 Å². The molecule has 0 bridgehead atoms. The van der Waals surface area contributed by atoms with E-state index in [0.29, 0.717) is 11.0 Å². The molecule has 1 heterocycles. The van der Waals surface area contributed by atoms with Gasteiger partial charge < -0.3 is 14.5 Å². The Hall–Kier alpha value is -3.06. The summed E-state index contributed by atoms with van der Waals surface area (Å²) >= 11 is 1.30. The molecule has 1 N–H and O–H groups in total. The smallest absolute Gasteiger partial charge is 0.325 e. The number of rotatable bonds is 6. The van der Waals surface area contributed by atoms with Crippen molar-refractivity contribution in [2.45, 2.75) is 23.8 Å². The van der Waals surface area contributed by atoms with E-state index in [1.165, 1.54) is 18.9 Å². The highest BCUT2D eigenvalue weighted by atomic mass is 32.2. The van der Waals surface area contributed by atoms with Crippen LogP contribution < -0.4 is 5.32 Å². The average molecular weight is 396 g/mol. The first-order valence-corrected chi connectivity index (χ1v) is 9.45. The topological polar surface area (TPSA) is 81.4 Å². The van der Waals surface area contributed by atoms with Gasteiger partial charge in [0, 0.05) is 10.5 Å². The number of aromatic nitrogens is 1. The number of hydrogen-bond acceptors (Lipinski definition) is 6. The van der Waals surface area contributed by atoms with Gasteiger partial charge in [0.1, 0.15) is 6.54 Å². The fourth-order valence-electron chi connectivity index (χ4n) is 2.36. The Morgan fingerprint density at radius 3 is 2.25 bits per heavy atom. The van der Waals surface area contributed by atoms with E-state index in [0.717, 1.165) is 21.6 Å². The lowest BCUT2D eigenvalue weighted by atomic mass is 10.1. The first-order valence-electron chi connectivity index (χ1n) is 8.63. The Kier molecular flexibility index (Phi) is 6.16. The Bertz CT molecular complexity index is 979. The number of ether oxygens (including phenoxy) is 1. The van der Waals surface area contributed by atoms with Crippen molar-refractivity contribution in [3.8, 4) is 11.5 Å². The maximum absolute atomic E-state index is 12.6. The van der Waals surface area contributed by atoms with Gasteiger partial charge in [-0.1, -0.05) is 35.4 Å². The van der Waals surface area contributed by atoms with Gasteiger partial charge in [0.05, 0.1) is 7.11 Å². The van der Waals surface area contributed by atoms with E-state index >= 15 is 0 Å². The molecule has 0 saturated heterocycles. The van der Waals surface area contributed by atoms with E-state index in [-0.39, 0.29) is 12.2 Å². The number of nitrogens with zero attached hydrogens (tertiary/aromatic N) is 1. The lowest BCUT2D eigenvalue weighted by molar-refractivity contribution is -0.139. The van der Waals surface area contributed by atoms with Crippen molar-refractivity contribution in [2.24, 2.45) is 0 Å². The lowest BCUT2D eigenvalue weighted by Gasteiger charge is -2.03. The summed E-state index contributed by atoms with van der Waals surface area (Å²) < 4.78 is 10.5. The van der Waals surface area contributed by atoms with Crippen molar-refractivity contribution in [3.05, 3.63) is 65.4 Å². The number of nitrogens with one attached hydrogen (secondary N) is 1. The normalized spacial score (nSPS) is 10.5. The Morgan fingerprint density at radius 1 is 1.04 bits per heavy atom. The zero-order chi connectivity index (χ0) is 20.1. The average Bonchev–Trinajstić information content (AvgIpc) is 3.12. The summed E-state index contributed by atoms with van der Waals surface area (Å²) in [6.45, 7) is 3.75. The Morgan fingerprint density at radius 2 is 1.64 bits per heavy atom. The van der Waals surface area contributed by atoms with Crippen LogP contribution in [0.3, 0.4) is 0 Å². The highest BCUT2D eigenvalue weighted by Crippen LogP contribution is 2.34. The molecule has 7 heteroatoms. The van der Waals surface area contributed by atoms with Gasteiger partial charge in [-0.25, -0.2) is 4.98 Å². The molecular formula is C21H20N2O4S. The summed E-state index contributed by atoms with van der Waals surface area (Å²) in [7, 11) is 1.26. The van der Waals surface area contributed by atoms with Crippen LogP contribution >= 0.6 is 11.8 Å². The SMILES string of the molecule is COC(=O)CNC(=O)c1nc(-c2ccc(C)cc2)oc1Sc1ccc(C)cc1. The maximum atomic E-state index is 12.6. The number of esters is 1. The zero-order valence-electron chi connectivity index (χ0n) is 15.8. The van der Waals surface area contributed by atoms with E-state index in [1.807, 2.05) is 62.4 Å². The molecule has 0 unspecified atom stereocenters.